The van der Waals surface area contributed by atoms with Crippen LogP contribution in [0.15, 0.2) is 24.5 Å². The quantitative estimate of drug-likeness (QED) is 0.784. The number of nitriles is 1. The van der Waals surface area contributed by atoms with E-state index in [0.29, 0.717) is 22.5 Å². The summed E-state index contributed by atoms with van der Waals surface area (Å²) in [5.74, 6) is -0.794. The number of imidazole rings is 1. The van der Waals surface area contributed by atoms with Gasteiger partial charge in [-0.25, -0.2) is 9.78 Å². The van der Waals surface area contributed by atoms with Crippen LogP contribution in [0.1, 0.15) is 39.0 Å². The summed E-state index contributed by atoms with van der Waals surface area (Å²) >= 11 is 0. The lowest BCUT2D eigenvalue weighted by atomic mass is 10.1. The van der Waals surface area contributed by atoms with E-state index in [2.05, 4.69) is 4.98 Å². The van der Waals surface area contributed by atoms with Gasteiger partial charge in [-0.3, -0.25) is 9.36 Å². The number of carbonyl (C=O) groups is 2. The Bertz CT molecular complexity index is 847. The highest BCUT2D eigenvalue weighted by molar-refractivity contribution is 6.01. The minimum atomic E-state index is -0.526. The second kappa shape index (κ2) is 5.57. The van der Waals surface area contributed by atoms with Crippen molar-refractivity contribution in [1.29, 1.82) is 5.26 Å². The number of carbonyl (C=O) groups excluding carboxylic acids is 2. The molecule has 0 fully saturated rings. The molecule has 1 aliphatic heterocycles. The van der Waals surface area contributed by atoms with Crippen LogP contribution < -0.4 is 0 Å². The maximum atomic E-state index is 12.6. The van der Waals surface area contributed by atoms with Crippen LogP contribution in [0.25, 0.3) is 5.69 Å². The Labute approximate surface area is 132 Å². The molecule has 2 aromatic rings. The van der Waals surface area contributed by atoms with Gasteiger partial charge in [0.05, 0.1) is 35.7 Å². The van der Waals surface area contributed by atoms with Crippen LogP contribution in [0.2, 0.25) is 0 Å². The van der Waals surface area contributed by atoms with Gasteiger partial charge in [-0.1, -0.05) is 6.07 Å². The highest BCUT2D eigenvalue weighted by atomic mass is 16.5. The minimum absolute atomic E-state index is 0.182. The number of fused-ring (bicyclic) bond motifs is 3. The van der Waals surface area contributed by atoms with E-state index in [1.54, 1.807) is 36.7 Å². The summed E-state index contributed by atoms with van der Waals surface area (Å²) < 4.78 is 6.69. The third-order valence-electron chi connectivity index (χ3n) is 3.71. The van der Waals surface area contributed by atoms with Gasteiger partial charge < -0.3 is 9.64 Å². The molecule has 1 aromatic heterocycles. The van der Waals surface area contributed by atoms with E-state index in [9.17, 15) is 14.9 Å². The molecule has 116 valence electrons. The number of benzene rings is 1. The predicted molar refractivity (Wildman–Crippen MR) is 80.0 cm³/mol. The number of nitrogens with zero attached hydrogens (tertiary/aromatic N) is 4. The molecule has 2 heterocycles. The third kappa shape index (κ3) is 2.25. The monoisotopic (exact) mass is 310 g/mol. The van der Waals surface area contributed by atoms with E-state index in [1.807, 2.05) is 6.07 Å². The maximum absolute atomic E-state index is 12.6. The van der Waals surface area contributed by atoms with Crippen molar-refractivity contribution in [1.82, 2.24) is 14.5 Å². The predicted octanol–water partition coefficient (Wildman–Crippen LogP) is 1.51. The smallest absolute Gasteiger partial charge is 0.358 e. The Morgan fingerprint density at radius 2 is 2.26 bits per heavy atom. The number of aromatic nitrogens is 2. The molecule has 0 N–H and O–H groups in total. The SMILES string of the molecule is CCOC(=O)c1ncn2c1CN(C)C(=O)c1c(C#N)cccc1-2. The van der Waals surface area contributed by atoms with Crippen molar-refractivity contribution in [3.05, 3.63) is 47.0 Å². The largest absolute Gasteiger partial charge is 0.461 e. The van der Waals surface area contributed by atoms with Crippen molar-refractivity contribution >= 4 is 11.9 Å². The van der Waals surface area contributed by atoms with E-state index < -0.39 is 5.97 Å². The van der Waals surface area contributed by atoms with Crippen LogP contribution in [0.5, 0.6) is 0 Å². The second-order valence-electron chi connectivity index (χ2n) is 5.10. The van der Waals surface area contributed by atoms with Crippen LogP contribution in [-0.2, 0) is 11.3 Å². The Hall–Kier alpha value is -3.14. The average molecular weight is 310 g/mol. The van der Waals surface area contributed by atoms with Gasteiger partial charge in [0.15, 0.2) is 5.69 Å². The number of esters is 1. The highest BCUT2D eigenvalue weighted by Crippen LogP contribution is 2.27. The van der Waals surface area contributed by atoms with E-state index >= 15 is 0 Å². The molecule has 23 heavy (non-hydrogen) atoms. The second-order valence-corrected chi connectivity index (χ2v) is 5.10. The summed E-state index contributed by atoms with van der Waals surface area (Å²) in [6.45, 7) is 2.17. The van der Waals surface area contributed by atoms with Crippen molar-refractivity contribution in [3.63, 3.8) is 0 Å². The molecular weight excluding hydrogens is 296 g/mol. The molecule has 0 atom stereocenters. The normalized spacial score (nSPS) is 12.9. The summed E-state index contributed by atoms with van der Waals surface area (Å²) in [5, 5.41) is 9.28. The van der Waals surface area contributed by atoms with Crippen molar-refractivity contribution in [2.45, 2.75) is 13.5 Å². The first-order valence-corrected chi connectivity index (χ1v) is 7.10. The summed E-state index contributed by atoms with van der Waals surface area (Å²) in [5.41, 5.74) is 1.88. The fraction of sp³-hybridized carbons (Fsp3) is 0.250. The molecule has 0 bridgehead atoms. The molecule has 0 aliphatic carbocycles. The Morgan fingerprint density at radius 1 is 1.48 bits per heavy atom. The van der Waals surface area contributed by atoms with Gasteiger partial charge in [0.1, 0.15) is 12.4 Å². The molecule has 3 rings (SSSR count). The third-order valence-corrected chi connectivity index (χ3v) is 3.71. The first-order valence-electron chi connectivity index (χ1n) is 7.10. The van der Waals surface area contributed by atoms with Gasteiger partial charge in [-0.05, 0) is 19.1 Å². The van der Waals surface area contributed by atoms with Crippen LogP contribution >= 0.6 is 0 Å². The van der Waals surface area contributed by atoms with E-state index in [-0.39, 0.29) is 24.8 Å². The number of hydrogen-bond donors (Lipinski definition) is 0. The first-order chi connectivity index (χ1) is 11.1. The van der Waals surface area contributed by atoms with E-state index in [4.69, 9.17) is 4.74 Å². The molecule has 7 heteroatoms. The van der Waals surface area contributed by atoms with Gasteiger partial charge in [0.2, 0.25) is 0 Å². The fourth-order valence-electron chi connectivity index (χ4n) is 2.65. The number of rotatable bonds is 2. The lowest BCUT2D eigenvalue weighted by Gasteiger charge is -2.15. The van der Waals surface area contributed by atoms with E-state index in [1.165, 1.54) is 11.2 Å². The zero-order valence-corrected chi connectivity index (χ0v) is 12.7. The topological polar surface area (TPSA) is 88.2 Å². The highest BCUT2D eigenvalue weighted by Gasteiger charge is 2.30. The average Bonchev–Trinajstić information content (AvgIpc) is 2.92. The standard InChI is InChI=1S/C16H14N4O3/c1-3-23-16(22)14-12-8-19(2)15(21)13-10(7-17)5-4-6-11(13)20(12)9-18-14/h4-6,9H,3,8H2,1-2H3. The molecule has 0 radical (unpaired) electrons. The Balaban J connectivity index is 2.25. The molecule has 0 spiro atoms. The van der Waals surface area contributed by atoms with Crippen molar-refractivity contribution in [3.8, 4) is 11.8 Å². The van der Waals surface area contributed by atoms with Crippen molar-refractivity contribution in [2.75, 3.05) is 13.7 Å². The van der Waals surface area contributed by atoms with Crippen LogP contribution in [0.3, 0.4) is 0 Å². The fourth-order valence-corrected chi connectivity index (χ4v) is 2.65. The maximum Gasteiger partial charge on any atom is 0.358 e. The van der Waals surface area contributed by atoms with E-state index in [0.717, 1.165) is 0 Å². The van der Waals surface area contributed by atoms with Gasteiger partial charge in [-0.2, -0.15) is 5.26 Å². The van der Waals surface area contributed by atoms with Crippen LogP contribution in [-0.4, -0.2) is 40.0 Å². The zero-order chi connectivity index (χ0) is 16.6. The zero-order valence-electron chi connectivity index (χ0n) is 12.7. The summed E-state index contributed by atoms with van der Waals surface area (Å²) in [6, 6.07) is 7.07. The van der Waals surface area contributed by atoms with Gasteiger partial charge >= 0.3 is 5.97 Å². The summed E-state index contributed by atoms with van der Waals surface area (Å²) in [6.07, 6.45) is 1.48. The molecule has 7 nitrogen and oxygen atoms in total. The van der Waals surface area contributed by atoms with Gasteiger partial charge in [0, 0.05) is 7.05 Å². The molecule has 0 saturated heterocycles. The van der Waals surface area contributed by atoms with Crippen molar-refractivity contribution < 1.29 is 14.3 Å². The first kappa shape index (κ1) is 14.8. The van der Waals surface area contributed by atoms with Gasteiger partial charge in [0.25, 0.3) is 5.91 Å². The summed E-state index contributed by atoms with van der Waals surface area (Å²) in [4.78, 5) is 30.3. The lowest BCUT2D eigenvalue weighted by Crippen LogP contribution is -2.26. The van der Waals surface area contributed by atoms with Gasteiger partial charge in [-0.15, -0.1) is 0 Å². The summed E-state index contributed by atoms with van der Waals surface area (Å²) in [7, 11) is 1.62. The Kier molecular flexibility index (Phi) is 3.58. The molecule has 1 aromatic carbocycles. The van der Waals surface area contributed by atoms with Crippen LogP contribution in [0, 0.1) is 11.3 Å². The molecule has 0 saturated carbocycles. The molecule has 1 aliphatic rings. The lowest BCUT2D eigenvalue weighted by molar-refractivity contribution is 0.0516. The molecular formula is C16H14N4O3. The van der Waals surface area contributed by atoms with Crippen molar-refractivity contribution in [2.24, 2.45) is 0 Å². The number of amides is 1. The Morgan fingerprint density at radius 3 is 2.96 bits per heavy atom. The molecule has 1 amide bonds. The number of hydrogen-bond acceptors (Lipinski definition) is 5. The number of ether oxygens (including phenoxy) is 1. The van der Waals surface area contributed by atoms with Crippen LogP contribution in [0.4, 0.5) is 0 Å². The molecule has 0 unspecified atom stereocenters. The minimum Gasteiger partial charge on any atom is -0.461 e.